The molecule has 2 aromatic carbocycles. The Kier molecular flexibility index (Phi) is 7.75. The quantitative estimate of drug-likeness (QED) is 0.489. The highest BCUT2D eigenvalue weighted by molar-refractivity contribution is 5.95. The van der Waals surface area contributed by atoms with E-state index in [-0.39, 0.29) is 30.0 Å². The van der Waals surface area contributed by atoms with Gasteiger partial charge in [-0.05, 0) is 73.1 Å². The molecule has 0 radical (unpaired) electrons. The number of benzene rings is 2. The summed E-state index contributed by atoms with van der Waals surface area (Å²) >= 11 is 0. The van der Waals surface area contributed by atoms with Gasteiger partial charge in [-0.2, -0.15) is 0 Å². The molecule has 5 heteroatoms. The molecule has 0 saturated heterocycles. The third-order valence-corrected chi connectivity index (χ3v) is 7.76. The number of aliphatic hydroxyl groups excluding tert-OH is 1. The lowest BCUT2D eigenvalue weighted by Crippen LogP contribution is -2.40. The number of aliphatic hydroxyl groups is 1. The third kappa shape index (κ3) is 5.51. The number of carbonyl (C=O) groups excluding carboxylic acids is 1. The highest BCUT2D eigenvalue weighted by Gasteiger charge is 2.44. The number of nitrogens with zero attached hydrogens (tertiary/aromatic N) is 1. The summed E-state index contributed by atoms with van der Waals surface area (Å²) in [5.74, 6) is -0.253. The Hall–Kier alpha value is -2.92. The van der Waals surface area contributed by atoms with Crippen LogP contribution in [0, 0.1) is 17.8 Å². The van der Waals surface area contributed by atoms with Crippen molar-refractivity contribution in [2.45, 2.75) is 71.4 Å². The second-order valence-corrected chi connectivity index (χ2v) is 10.4. The SMILES string of the molecule is CC[C@H]1[C@@H](C)C(CC2CC(Cc3cccc(-c4ccccc4)c3)C2)=C(C(=O)O)N1C(=O)C[C@@H](C)O. The molecule has 2 aliphatic rings. The largest absolute Gasteiger partial charge is 0.477 e. The van der Waals surface area contributed by atoms with E-state index in [4.69, 9.17) is 0 Å². The standard InChI is InChI=1S/C30H37NO4/c1-4-27-20(3)26(29(30(34)35)31(27)28(33)13-19(2)32)18-23-15-22(16-23)14-21-9-8-12-25(17-21)24-10-6-5-7-11-24/h5-12,17,19-20,22-23,27,32H,4,13-16,18H2,1-3H3,(H,34,35)/t19-,20+,22?,23?,27+/m1/s1. The van der Waals surface area contributed by atoms with Crippen molar-refractivity contribution in [1.29, 1.82) is 0 Å². The smallest absolute Gasteiger partial charge is 0.352 e. The molecule has 2 N–H and O–H groups in total. The fourth-order valence-electron chi connectivity index (χ4n) is 6.07. The lowest BCUT2D eigenvalue weighted by molar-refractivity contribution is -0.141. The number of hydrogen-bond acceptors (Lipinski definition) is 3. The van der Waals surface area contributed by atoms with Crippen LogP contribution in [0.4, 0.5) is 0 Å². The number of aliphatic carboxylic acids is 1. The van der Waals surface area contributed by atoms with Crippen molar-refractivity contribution in [2.24, 2.45) is 17.8 Å². The molecule has 4 rings (SSSR count). The van der Waals surface area contributed by atoms with Gasteiger partial charge in [-0.1, -0.05) is 68.4 Å². The van der Waals surface area contributed by atoms with Crippen molar-refractivity contribution in [3.05, 3.63) is 71.4 Å². The maximum atomic E-state index is 12.9. The van der Waals surface area contributed by atoms with E-state index >= 15 is 0 Å². The molecular weight excluding hydrogens is 438 g/mol. The van der Waals surface area contributed by atoms with Gasteiger partial charge in [-0.25, -0.2) is 4.79 Å². The van der Waals surface area contributed by atoms with Gasteiger partial charge in [0.05, 0.1) is 12.5 Å². The molecule has 0 bridgehead atoms. The number of rotatable bonds is 9. The van der Waals surface area contributed by atoms with Gasteiger partial charge in [0.1, 0.15) is 5.70 Å². The normalized spacial score (nSPS) is 24.9. The van der Waals surface area contributed by atoms with E-state index in [1.165, 1.54) is 21.6 Å². The molecule has 1 saturated carbocycles. The van der Waals surface area contributed by atoms with Gasteiger partial charge in [-0.3, -0.25) is 4.79 Å². The fourth-order valence-corrected chi connectivity index (χ4v) is 6.07. The first kappa shape index (κ1) is 25.2. The predicted octanol–water partition coefficient (Wildman–Crippen LogP) is 5.68. The van der Waals surface area contributed by atoms with Crippen molar-refractivity contribution in [3.63, 3.8) is 0 Å². The molecule has 3 atom stereocenters. The zero-order chi connectivity index (χ0) is 25.1. The van der Waals surface area contributed by atoms with E-state index in [1.54, 1.807) is 6.92 Å². The number of carboxylic acids is 1. The first-order chi connectivity index (χ1) is 16.8. The number of hydrogen-bond donors (Lipinski definition) is 2. The fraction of sp³-hybridized carbons (Fsp3) is 0.467. The highest BCUT2D eigenvalue weighted by atomic mass is 16.4. The molecule has 35 heavy (non-hydrogen) atoms. The van der Waals surface area contributed by atoms with E-state index in [0.29, 0.717) is 18.3 Å². The molecule has 1 aliphatic heterocycles. The first-order valence-corrected chi connectivity index (χ1v) is 12.9. The summed E-state index contributed by atoms with van der Waals surface area (Å²) < 4.78 is 0. The molecule has 2 aromatic rings. The summed E-state index contributed by atoms with van der Waals surface area (Å²) in [7, 11) is 0. The Morgan fingerprint density at radius 2 is 1.66 bits per heavy atom. The average Bonchev–Trinajstić information content (AvgIpc) is 3.09. The Balaban J connectivity index is 1.42. The van der Waals surface area contributed by atoms with Crippen LogP contribution in [0.1, 0.15) is 58.4 Å². The Morgan fingerprint density at radius 3 is 2.29 bits per heavy atom. The van der Waals surface area contributed by atoms with Gasteiger partial charge in [-0.15, -0.1) is 0 Å². The molecule has 1 fully saturated rings. The van der Waals surface area contributed by atoms with Crippen LogP contribution in [0.15, 0.2) is 65.9 Å². The van der Waals surface area contributed by atoms with Gasteiger partial charge in [0.15, 0.2) is 0 Å². The van der Waals surface area contributed by atoms with E-state index in [0.717, 1.165) is 31.3 Å². The summed E-state index contributed by atoms with van der Waals surface area (Å²) in [6.07, 6.45) is 3.78. The van der Waals surface area contributed by atoms with Crippen molar-refractivity contribution in [1.82, 2.24) is 4.90 Å². The van der Waals surface area contributed by atoms with Gasteiger partial charge in [0.2, 0.25) is 5.91 Å². The monoisotopic (exact) mass is 475 g/mol. The van der Waals surface area contributed by atoms with Crippen LogP contribution in [-0.2, 0) is 16.0 Å². The minimum absolute atomic E-state index is 0.0191. The molecule has 1 aliphatic carbocycles. The van der Waals surface area contributed by atoms with Crippen LogP contribution in [0.5, 0.6) is 0 Å². The Morgan fingerprint density at radius 1 is 1.00 bits per heavy atom. The van der Waals surface area contributed by atoms with Crippen molar-refractivity contribution in [3.8, 4) is 11.1 Å². The van der Waals surface area contributed by atoms with Crippen LogP contribution < -0.4 is 0 Å². The molecule has 1 amide bonds. The molecule has 1 heterocycles. The number of carboxylic acid groups (broad SMARTS) is 1. The highest BCUT2D eigenvalue weighted by Crippen LogP contribution is 2.46. The van der Waals surface area contributed by atoms with Crippen molar-refractivity contribution >= 4 is 11.9 Å². The van der Waals surface area contributed by atoms with Crippen LogP contribution in [0.2, 0.25) is 0 Å². The minimum Gasteiger partial charge on any atom is -0.477 e. The maximum Gasteiger partial charge on any atom is 0.352 e. The van der Waals surface area contributed by atoms with E-state index < -0.39 is 12.1 Å². The molecular formula is C30H37NO4. The van der Waals surface area contributed by atoms with Crippen LogP contribution in [-0.4, -0.2) is 39.1 Å². The average molecular weight is 476 g/mol. The summed E-state index contributed by atoms with van der Waals surface area (Å²) in [5.41, 5.74) is 4.87. The van der Waals surface area contributed by atoms with Crippen molar-refractivity contribution in [2.75, 3.05) is 0 Å². The topological polar surface area (TPSA) is 77.8 Å². The van der Waals surface area contributed by atoms with Gasteiger partial charge in [0.25, 0.3) is 0 Å². The predicted molar refractivity (Wildman–Crippen MR) is 137 cm³/mol. The molecule has 0 unspecified atom stereocenters. The summed E-state index contributed by atoms with van der Waals surface area (Å²) in [6.45, 7) is 5.61. The van der Waals surface area contributed by atoms with E-state index in [2.05, 4.69) is 48.5 Å². The maximum absolute atomic E-state index is 12.9. The zero-order valence-corrected chi connectivity index (χ0v) is 21.0. The molecule has 186 valence electrons. The number of amides is 1. The lowest BCUT2D eigenvalue weighted by Gasteiger charge is -2.36. The zero-order valence-electron chi connectivity index (χ0n) is 21.0. The summed E-state index contributed by atoms with van der Waals surface area (Å²) in [5, 5.41) is 19.7. The van der Waals surface area contributed by atoms with Crippen LogP contribution in [0.25, 0.3) is 11.1 Å². The van der Waals surface area contributed by atoms with Crippen LogP contribution >= 0.6 is 0 Å². The van der Waals surface area contributed by atoms with Crippen LogP contribution in [0.3, 0.4) is 0 Å². The Labute approximate surface area is 208 Å². The van der Waals surface area contributed by atoms with Gasteiger partial charge < -0.3 is 15.1 Å². The summed E-state index contributed by atoms with van der Waals surface area (Å²) in [4.78, 5) is 26.6. The van der Waals surface area contributed by atoms with E-state index in [9.17, 15) is 19.8 Å². The Bertz CT molecular complexity index is 1080. The lowest BCUT2D eigenvalue weighted by atomic mass is 9.68. The number of carbonyl (C=O) groups is 2. The molecule has 5 nitrogen and oxygen atoms in total. The molecule has 0 spiro atoms. The first-order valence-electron chi connectivity index (χ1n) is 12.9. The third-order valence-electron chi connectivity index (χ3n) is 7.76. The van der Waals surface area contributed by atoms with Gasteiger partial charge in [0, 0.05) is 12.0 Å². The molecule has 0 aromatic heterocycles. The summed E-state index contributed by atoms with van der Waals surface area (Å²) in [6, 6.07) is 19.0. The minimum atomic E-state index is -1.03. The van der Waals surface area contributed by atoms with Crippen molar-refractivity contribution < 1.29 is 19.8 Å². The van der Waals surface area contributed by atoms with E-state index in [1.807, 2.05) is 19.9 Å². The second kappa shape index (κ2) is 10.8. The van der Waals surface area contributed by atoms with Gasteiger partial charge >= 0.3 is 5.97 Å². The second-order valence-electron chi connectivity index (χ2n) is 10.4.